The van der Waals surface area contributed by atoms with E-state index >= 15 is 0 Å². The predicted molar refractivity (Wildman–Crippen MR) is 93.0 cm³/mol. The van der Waals surface area contributed by atoms with Gasteiger partial charge in [0.15, 0.2) is 11.9 Å². The molecule has 25 heavy (non-hydrogen) atoms. The van der Waals surface area contributed by atoms with Gasteiger partial charge in [-0.15, -0.1) is 0 Å². The Balaban J connectivity index is 1.48. The van der Waals surface area contributed by atoms with Gasteiger partial charge in [-0.2, -0.15) is 0 Å². The molecule has 0 N–H and O–H groups in total. The van der Waals surface area contributed by atoms with Crippen molar-refractivity contribution in [2.24, 2.45) is 0 Å². The first-order valence-corrected chi connectivity index (χ1v) is 8.38. The molecule has 1 saturated heterocycles. The van der Waals surface area contributed by atoms with Crippen molar-refractivity contribution in [3.05, 3.63) is 42.2 Å². The van der Waals surface area contributed by atoms with Crippen LogP contribution in [0.2, 0.25) is 0 Å². The third-order valence-electron chi connectivity index (χ3n) is 4.63. The minimum absolute atomic E-state index is 0.00293. The summed E-state index contributed by atoms with van der Waals surface area (Å²) in [5.41, 5.74) is 2.20. The monoisotopic (exact) mass is 340 g/mol. The van der Waals surface area contributed by atoms with Gasteiger partial charge in [0, 0.05) is 18.8 Å². The van der Waals surface area contributed by atoms with Crippen LogP contribution in [0.1, 0.15) is 5.56 Å². The lowest BCUT2D eigenvalue weighted by molar-refractivity contribution is -0.130. The van der Waals surface area contributed by atoms with Crippen LogP contribution in [0.3, 0.4) is 0 Å². The fourth-order valence-corrected chi connectivity index (χ4v) is 3.30. The zero-order valence-electron chi connectivity index (χ0n) is 14.1. The molecule has 7 nitrogen and oxygen atoms in total. The maximum Gasteiger partial charge on any atom is 0.257 e. The van der Waals surface area contributed by atoms with Crippen molar-refractivity contribution in [1.82, 2.24) is 9.97 Å². The maximum absolute atomic E-state index is 13.0. The molecule has 0 spiro atoms. The fraction of sp³-hybridized carbons (Fsp3) is 0.389. The molecule has 1 aromatic heterocycles. The molecule has 1 unspecified atom stereocenters. The van der Waals surface area contributed by atoms with Gasteiger partial charge in [-0.25, -0.2) is 9.97 Å². The smallest absolute Gasteiger partial charge is 0.257 e. The Morgan fingerprint density at radius 3 is 2.84 bits per heavy atom. The zero-order valence-corrected chi connectivity index (χ0v) is 14.1. The van der Waals surface area contributed by atoms with Crippen LogP contribution in [0.4, 0.5) is 11.6 Å². The Morgan fingerprint density at radius 2 is 2.04 bits per heavy atom. The van der Waals surface area contributed by atoms with E-state index in [4.69, 9.17) is 9.47 Å². The molecule has 130 valence electrons. The summed E-state index contributed by atoms with van der Waals surface area (Å²) in [5, 5.41) is 0. The zero-order chi connectivity index (χ0) is 17.2. The third-order valence-corrected chi connectivity index (χ3v) is 4.63. The number of carbonyl (C=O) groups excluding carboxylic acids is 1. The first-order chi connectivity index (χ1) is 12.3. The lowest BCUT2D eigenvalue weighted by Crippen LogP contribution is -2.51. The van der Waals surface area contributed by atoms with E-state index in [1.807, 2.05) is 28.0 Å². The number of fused-ring (bicyclic) bond motifs is 1. The van der Waals surface area contributed by atoms with Crippen molar-refractivity contribution in [2.45, 2.75) is 12.5 Å². The molecule has 0 bridgehead atoms. The van der Waals surface area contributed by atoms with Crippen molar-refractivity contribution >= 4 is 17.5 Å². The van der Waals surface area contributed by atoms with E-state index < -0.39 is 6.10 Å². The Kier molecular flexibility index (Phi) is 4.23. The highest BCUT2D eigenvalue weighted by atomic mass is 16.5. The van der Waals surface area contributed by atoms with Gasteiger partial charge in [0.05, 0.1) is 32.7 Å². The van der Waals surface area contributed by atoms with Gasteiger partial charge in [-0.3, -0.25) is 4.79 Å². The minimum Gasteiger partial charge on any atom is -0.494 e. The molecular formula is C18H20N4O3. The second kappa shape index (κ2) is 6.68. The molecule has 1 atom stereocenters. The Hall–Kier alpha value is -2.67. The number of methoxy groups -OCH3 is 1. The highest BCUT2D eigenvalue weighted by Gasteiger charge is 2.34. The summed E-state index contributed by atoms with van der Waals surface area (Å²) in [6, 6.07) is 8.03. The number of ether oxygens (including phenoxy) is 2. The molecule has 3 heterocycles. The van der Waals surface area contributed by atoms with Gasteiger partial charge in [0.2, 0.25) is 5.95 Å². The molecule has 7 heteroatoms. The van der Waals surface area contributed by atoms with Crippen molar-refractivity contribution in [2.75, 3.05) is 43.2 Å². The summed E-state index contributed by atoms with van der Waals surface area (Å²) >= 11 is 0. The molecule has 4 rings (SSSR count). The number of nitrogens with zero attached hydrogens (tertiary/aromatic N) is 4. The first-order valence-electron chi connectivity index (χ1n) is 8.38. The standard InChI is InChI=1S/C18H20N4O3/c1-24-14-10-19-18(20-11-14)21-8-9-25-16(12-21)17(23)22-7-6-13-4-2-3-5-15(13)22/h2-5,10-11,16H,6-9,12H2,1H3. The second-order valence-electron chi connectivity index (χ2n) is 6.10. The van der Waals surface area contributed by atoms with Crippen molar-refractivity contribution in [3.63, 3.8) is 0 Å². The molecule has 2 aliphatic rings. The summed E-state index contributed by atoms with van der Waals surface area (Å²) in [6.45, 7) is 2.29. The molecular weight excluding hydrogens is 320 g/mol. The van der Waals surface area contributed by atoms with E-state index in [1.54, 1.807) is 19.5 Å². The second-order valence-corrected chi connectivity index (χ2v) is 6.10. The number of hydrogen-bond acceptors (Lipinski definition) is 6. The van der Waals surface area contributed by atoms with Gasteiger partial charge in [-0.05, 0) is 18.1 Å². The van der Waals surface area contributed by atoms with Gasteiger partial charge < -0.3 is 19.3 Å². The lowest BCUT2D eigenvalue weighted by Gasteiger charge is -2.34. The van der Waals surface area contributed by atoms with Gasteiger partial charge in [0.25, 0.3) is 5.91 Å². The SMILES string of the molecule is COc1cnc(N2CCOC(C(=O)N3CCc4ccccc43)C2)nc1. The normalized spacial score (nSPS) is 19.6. The van der Waals surface area contributed by atoms with E-state index in [0.29, 0.717) is 37.9 Å². The number of morpholine rings is 1. The maximum atomic E-state index is 13.0. The van der Waals surface area contributed by atoms with Gasteiger partial charge in [-0.1, -0.05) is 18.2 Å². The van der Waals surface area contributed by atoms with Crippen LogP contribution in [0.15, 0.2) is 36.7 Å². The van der Waals surface area contributed by atoms with Crippen LogP contribution in [0.5, 0.6) is 5.75 Å². The summed E-state index contributed by atoms with van der Waals surface area (Å²) in [7, 11) is 1.58. The van der Waals surface area contributed by atoms with Gasteiger partial charge >= 0.3 is 0 Å². The average Bonchev–Trinajstić information content (AvgIpc) is 3.12. The number of amides is 1. The van der Waals surface area contributed by atoms with Crippen LogP contribution < -0.4 is 14.5 Å². The topological polar surface area (TPSA) is 67.8 Å². The van der Waals surface area contributed by atoms with Crippen molar-refractivity contribution in [3.8, 4) is 5.75 Å². The molecule has 0 saturated carbocycles. The first kappa shape index (κ1) is 15.8. The highest BCUT2D eigenvalue weighted by Crippen LogP contribution is 2.29. The number of hydrogen-bond donors (Lipinski definition) is 0. The van der Waals surface area contributed by atoms with E-state index in [0.717, 1.165) is 12.1 Å². The van der Waals surface area contributed by atoms with E-state index in [1.165, 1.54) is 5.56 Å². The molecule has 0 radical (unpaired) electrons. The van der Waals surface area contributed by atoms with E-state index in [9.17, 15) is 4.79 Å². The number of rotatable bonds is 3. The van der Waals surface area contributed by atoms with Crippen LogP contribution >= 0.6 is 0 Å². The Morgan fingerprint density at radius 1 is 1.24 bits per heavy atom. The number of para-hydroxylation sites is 1. The number of aromatic nitrogens is 2. The highest BCUT2D eigenvalue weighted by molar-refractivity contribution is 5.98. The Labute approximate surface area is 146 Å². The van der Waals surface area contributed by atoms with Crippen LogP contribution in [0, 0.1) is 0 Å². The fourth-order valence-electron chi connectivity index (χ4n) is 3.30. The van der Waals surface area contributed by atoms with Crippen LogP contribution in [-0.4, -0.2) is 55.3 Å². The quantitative estimate of drug-likeness (QED) is 0.838. The largest absolute Gasteiger partial charge is 0.494 e. The number of benzene rings is 1. The van der Waals surface area contributed by atoms with Crippen molar-refractivity contribution in [1.29, 1.82) is 0 Å². The molecule has 2 aromatic rings. The third kappa shape index (κ3) is 3.02. The summed E-state index contributed by atoms with van der Waals surface area (Å²) in [5.74, 6) is 1.20. The number of anilines is 2. The average molecular weight is 340 g/mol. The Bertz CT molecular complexity index is 765. The summed E-state index contributed by atoms with van der Waals surface area (Å²) < 4.78 is 10.8. The van der Waals surface area contributed by atoms with Crippen LogP contribution in [0.25, 0.3) is 0 Å². The molecule has 1 fully saturated rings. The molecule has 2 aliphatic heterocycles. The number of carbonyl (C=O) groups is 1. The summed E-state index contributed by atoms with van der Waals surface area (Å²) in [4.78, 5) is 25.4. The van der Waals surface area contributed by atoms with Crippen molar-refractivity contribution < 1.29 is 14.3 Å². The van der Waals surface area contributed by atoms with E-state index in [-0.39, 0.29) is 5.91 Å². The van der Waals surface area contributed by atoms with Crippen LogP contribution in [-0.2, 0) is 16.0 Å². The molecule has 1 aromatic carbocycles. The molecule has 1 amide bonds. The lowest BCUT2D eigenvalue weighted by atomic mass is 10.2. The summed E-state index contributed by atoms with van der Waals surface area (Å²) in [6.07, 6.45) is 3.64. The van der Waals surface area contributed by atoms with Gasteiger partial charge in [0.1, 0.15) is 0 Å². The predicted octanol–water partition coefficient (Wildman–Crippen LogP) is 1.28. The minimum atomic E-state index is -0.509. The van der Waals surface area contributed by atoms with E-state index in [2.05, 4.69) is 16.0 Å². The molecule has 0 aliphatic carbocycles.